The summed E-state index contributed by atoms with van der Waals surface area (Å²) in [6, 6.07) is 13.2. The molecule has 0 spiro atoms. The number of hydrogen-bond acceptors (Lipinski definition) is 5. The lowest BCUT2D eigenvalue weighted by atomic mass is 9.98. The molecule has 29 heavy (non-hydrogen) atoms. The van der Waals surface area contributed by atoms with E-state index in [9.17, 15) is 18.0 Å². The molecule has 1 amide bonds. The number of hydrogen-bond donors (Lipinski definition) is 1. The van der Waals surface area contributed by atoms with Crippen LogP contribution in [0.1, 0.15) is 28.8 Å². The van der Waals surface area contributed by atoms with Gasteiger partial charge in [0.25, 0.3) is 0 Å². The van der Waals surface area contributed by atoms with Crippen LogP contribution in [0.25, 0.3) is 0 Å². The Morgan fingerprint density at radius 3 is 2.55 bits per heavy atom. The van der Waals surface area contributed by atoms with Gasteiger partial charge >= 0.3 is 5.97 Å². The maximum Gasteiger partial charge on any atom is 0.337 e. The Labute approximate surface area is 170 Å². The van der Waals surface area contributed by atoms with E-state index in [1.165, 1.54) is 17.5 Å². The molecule has 1 saturated heterocycles. The number of sulfonamides is 1. The predicted octanol–water partition coefficient (Wildman–Crippen LogP) is 2.82. The van der Waals surface area contributed by atoms with Crippen molar-refractivity contribution in [2.75, 3.05) is 25.5 Å². The van der Waals surface area contributed by atoms with Gasteiger partial charge in [-0.3, -0.25) is 4.79 Å². The van der Waals surface area contributed by atoms with E-state index in [-0.39, 0.29) is 17.3 Å². The number of aryl methyl sites for hydroxylation is 1. The highest BCUT2D eigenvalue weighted by molar-refractivity contribution is 7.89. The van der Waals surface area contributed by atoms with Crippen LogP contribution in [0.4, 0.5) is 5.69 Å². The molecular weight excluding hydrogens is 392 g/mol. The average molecular weight is 416 g/mol. The van der Waals surface area contributed by atoms with Gasteiger partial charge in [-0.2, -0.15) is 4.31 Å². The lowest BCUT2D eigenvalue weighted by molar-refractivity contribution is -0.120. The van der Waals surface area contributed by atoms with Crippen molar-refractivity contribution in [1.29, 1.82) is 0 Å². The van der Waals surface area contributed by atoms with Gasteiger partial charge in [-0.05, 0) is 50.1 Å². The summed E-state index contributed by atoms with van der Waals surface area (Å²) in [5.41, 5.74) is 1.78. The Hall–Kier alpha value is -2.71. The van der Waals surface area contributed by atoms with Crippen molar-refractivity contribution in [2.45, 2.75) is 24.7 Å². The first-order valence-electron chi connectivity index (χ1n) is 9.37. The highest BCUT2D eigenvalue weighted by Gasteiger charge is 2.33. The molecular formula is C21H24N2O5S. The number of piperidine rings is 1. The van der Waals surface area contributed by atoms with Gasteiger partial charge in [-0.15, -0.1) is 0 Å². The van der Waals surface area contributed by atoms with E-state index in [0.29, 0.717) is 30.6 Å². The van der Waals surface area contributed by atoms with Crippen LogP contribution in [0.2, 0.25) is 0 Å². The van der Waals surface area contributed by atoms with Gasteiger partial charge in [-0.1, -0.05) is 23.8 Å². The summed E-state index contributed by atoms with van der Waals surface area (Å²) < 4.78 is 31.9. The number of nitrogens with zero attached hydrogens (tertiary/aromatic N) is 1. The van der Waals surface area contributed by atoms with Gasteiger partial charge < -0.3 is 10.1 Å². The molecule has 0 unspecified atom stereocenters. The van der Waals surface area contributed by atoms with Gasteiger partial charge in [0.05, 0.1) is 23.5 Å². The number of methoxy groups -OCH3 is 1. The molecule has 0 saturated carbocycles. The predicted molar refractivity (Wildman–Crippen MR) is 109 cm³/mol. The van der Waals surface area contributed by atoms with Gasteiger partial charge in [0.2, 0.25) is 15.9 Å². The van der Waals surface area contributed by atoms with Crippen LogP contribution in [-0.2, 0) is 19.6 Å². The van der Waals surface area contributed by atoms with Crippen LogP contribution in [0.5, 0.6) is 0 Å². The zero-order valence-electron chi connectivity index (χ0n) is 16.4. The lowest BCUT2D eigenvalue weighted by Crippen LogP contribution is -2.43. The molecule has 0 aromatic heterocycles. The van der Waals surface area contributed by atoms with E-state index < -0.39 is 21.9 Å². The molecule has 0 aliphatic carbocycles. The third-order valence-electron chi connectivity index (χ3n) is 4.96. The van der Waals surface area contributed by atoms with Crippen LogP contribution in [0.15, 0.2) is 53.4 Å². The Morgan fingerprint density at radius 1 is 1.14 bits per heavy atom. The summed E-state index contributed by atoms with van der Waals surface area (Å²) in [6.07, 6.45) is 1.20. The summed E-state index contributed by atoms with van der Waals surface area (Å²) in [4.78, 5) is 24.6. The van der Waals surface area contributed by atoms with Crippen molar-refractivity contribution in [3.8, 4) is 0 Å². The summed E-state index contributed by atoms with van der Waals surface area (Å²) >= 11 is 0. The molecule has 1 N–H and O–H groups in total. The summed E-state index contributed by atoms with van der Waals surface area (Å²) in [6.45, 7) is 2.41. The van der Waals surface area contributed by atoms with Gasteiger partial charge in [-0.25, -0.2) is 13.2 Å². The molecule has 2 aromatic carbocycles. The molecule has 2 aromatic rings. The number of carbonyl (C=O) groups excluding carboxylic acids is 2. The number of anilines is 1. The number of benzene rings is 2. The zero-order chi connectivity index (χ0) is 21.0. The second kappa shape index (κ2) is 8.75. The Morgan fingerprint density at radius 2 is 1.86 bits per heavy atom. The highest BCUT2D eigenvalue weighted by Crippen LogP contribution is 2.25. The Bertz CT molecular complexity index is 1000. The first kappa shape index (κ1) is 21.0. The van der Waals surface area contributed by atoms with Crippen LogP contribution < -0.4 is 5.32 Å². The molecule has 1 aliphatic rings. The van der Waals surface area contributed by atoms with E-state index in [0.717, 1.165) is 5.56 Å². The molecule has 0 radical (unpaired) electrons. The number of nitrogens with one attached hydrogen (secondary N) is 1. The first-order valence-corrected chi connectivity index (χ1v) is 10.8. The summed E-state index contributed by atoms with van der Waals surface area (Å²) in [5.74, 6) is -1.23. The van der Waals surface area contributed by atoms with Gasteiger partial charge in [0.1, 0.15) is 0 Å². The number of amides is 1. The van der Waals surface area contributed by atoms with Gasteiger partial charge in [0.15, 0.2) is 0 Å². The molecule has 1 aliphatic heterocycles. The second-order valence-corrected chi connectivity index (χ2v) is 9.01. The standard InChI is InChI=1S/C21H24N2O5S/c1-15-8-10-19(11-9-15)29(26,27)23-12-4-6-17(14-23)20(24)22-18-7-3-5-16(13-18)21(25)28-2/h3,5,7-11,13,17H,4,6,12,14H2,1-2H3,(H,22,24)/t17-/m1/s1. The van der Waals surface area contributed by atoms with Crippen molar-refractivity contribution in [2.24, 2.45) is 5.92 Å². The van der Waals surface area contributed by atoms with E-state index in [2.05, 4.69) is 10.1 Å². The molecule has 1 fully saturated rings. The largest absolute Gasteiger partial charge is 0.465 e. The second-order valence-electron chi connectivity index (χ2n) is 7.08. The van der Waals surface area contributed by atoms with Crippen LogP contribution in [0.3, 0.4) is 0 Å². The quantitative estimate of drug-likeness (QED) is 0.757. The zero-order valence-corrected chi connectivity index (χ0v) is 17.2. The maximum absolute atomic E-state index is 12.9. The van der Waals surface area contributed by atoms with Crippen LogP contribution in [0, 0.1) is 12.8 Å². The fourth-order valence-electron chi connectivity index (χ4n) is 3.32. The normalized spacial score (nSPS) is 17.5. The van der Waals surface area contributed by atoms with E-state index in [1.54, 1.807) is 42.5 Å². The molecule has 154 valence electrons. The van der Waals surface area contributed by atoms with E-state index in [1.807, 2.05) is 6.92 Å². The highest BCUT2D eigenvalue weighted by atomic mass is 32.2. The van der Waals surface area contributed by atoms with Crippen molar-refractivity contribution in [3.63, 3.8) is 0 Å². The lowest BCUT2D eigenvalue weighted by Gasteiger charge is -2.31. The molecule has 1 atom stereocenters. The molecule has 0 bridgehead atoms. The molecule has 7 nitrogen and oxygen atoms in total. The molecule has 3 rings (SSSR count). The minimum atomic E-state index is -3.65. The van der Waals surface area contributed by atoms with Crippen molar-refractivity contribution in [1.82, 2.24) is 4.31 Å². The third kappa shape index (κ3) is 4.83. The van der Waals surface area contributed by atoms with E-state index >= 15 is 0 Å². The SMILES string of the molecule is COC(=O)c1cccc(NC(=O)[C@@H]2CCCN(S(=O)(=O)c3ccc(C)cc3)C2)c1. The summed E-state index contributed by atoms with van der Waals surface area (Å²) in [5, 5.41) is 2.78. The topological polar surface area (TPSA) is 92.8 Å². The molecule has 8 heteroatoms. The van der Waals surface area contributed by atoms with Crippen molar-refractivity contribution >= 4 is 27.6 Å². The Kier molecular flexibility index (Phi) is 6.34. The number of ether oxygens (including phenoxy) is 1. The number of rotatable bonds is 5. The monoisotopic (exact) mass is 416 g/mol. The smallest absolute Gasteiger partial charge is 0.337 e. The van der Waals surface area contributed by atoms with Crippen LogP contribution in [-0.4, -0.2) is 44.8 Å². The molecule has 1 heterocycles. The minimum absolute atomic E-state index is 0.124. The van der Waals surface area contributed by atoms with Gasteiger partial charge in [0, 0.05) is 18.8 Å². The minimum Gasteiger partial charge on any atom is -0.465 e. The van der Waals surface area contributed by atoms with E-state index in [4.69, 9.17) is 0 Å². The van der Waals surface area contributed by atoms with Crippen molar-refractivity contribution < 1.29 is 22.7 Å². The Balaban J connectivity index is 1.71. The van der Waals surface area contributed by atoms with Crippen LogP contribution >= 0.6 is 0 Å². The average Bonchev–Trinajstić information content (AvgIpc) is 2.73. The summed E-state index contributed by atoms with van der Waals surface area (Å²) in [7, 11) is -2.36. The fourth-order valence-corrected chi connectivity index (χ4v) is 4.84. The number of carbonyl (C=O) groups is 2. The first-order chi connectivity index (χ1) is 13.8. The van der Waals surface area contributed by atoms with Crippen molar-refractivity contribution in [3.05, 3.63) is 59.7 Å². The maximum atomic E-state index is 12.9. The number of esters is 1. The fraction of sp³-hybridized carbons (Fsp3) is 0.333. The third-order valence-corrected chi connectivity index (χ3v) is 6.84.